The minimum Gasteiger partial charge on any atom is 0.0000000966 e. The van der Waals surface area contributed by atoms with Gasteiger partial charge in [-0.1, -0.05) is 0 Å². The third kappa shape index (κ3) is 38.6. The summed E-state index contributed by atoms with van der Waals surface area (Å²) in [6, 6.07) is 0. The lowest BCUT2D eigenvalue weighted by atomic mass is 8.16. The van der Waals surface area contributed by atoms with Gasteiger partial charge in [-0.15, -0.1) is 0 Å². The highest BCUT2D eigenvalue weighted by Crippen LogP contribution is 2.34. The molecule has 0 aromatic carbocycles. The standard InChI is InChI=1S/B135H137/c1-69-103(68)120(102(66)67)129(121(104(70(2)3)71(4)5)105(72(6)7)73(8)9)133(128(118(98(58)59)99(60)61)119(100(62)63)101(64)65)135(132(126(114(90(42)43)91(44)45)115(92(46)47)93(48)49)127(116(94(50)51)95(52)53)117(96(54)55)97(56)57)134(130(122(106(74(10)11)75(12)13)107(76(14)15)77(16)17)123(108(78(18)19)79(20)21)109(80(22)23)81(24)25)131(124(110(82(26)27)83(28)29)111(84(30)31)85(32)33)125(112(86(34)35)87(36)37)113(88(38)39)89(40)41/h69H,1-68H2. The molecule has 0 saturated heterocycles. The van der Waals surface area contributed by atoms with Crippen molar-refractivity contribution in [2.24, 2.45) is 0 Å². The maximum absolute atomic E-state index is 2.96. The van der Waals surface area contributed by atoms with Crippen molar-refractivity contribution in [3.05, 3.63) is 0 Å². The lowest BCUT2D eigenvalue weighted by Crippen LogP contribution is -3.03. The van der Waals surface area contributed by atoms with Crippen LogP contribution in [0, 0.1) is 0 Å². The zero-order valence-corrected chi connectivity index (χ0v) is 107. The molecule has 135 heteroatoms. The first-order chi connectivity index (χ1) is 61.5. The van der Waals surface area contributed by atoms with Crippen LogP contribution in [-0.4, -0.2) is 955 Å². The van der Waals surface area contributed by atoms with Crippen LogP contribution in [0.15, 0.2) is 0 Å². The second-order valence-electron chi connectivity index (χ2n) is 60.9. The first-order valence-electron chi connectivity index (χ1n) is 61.5. The molecule has 0 aromatic rings. The molecule has 0 unspecified atom stereocenters. The summed E-state index contributed by atoms with van der Waals surface area (Å²) in [6.45, 7) is 0. The van der Waals surface area contributed by atoms with E-state index >= 15 is 0 Å². The molecule has 0 saturated carbocycles. The van der Waals surface area contributed by atoms with Crippen molar-refractivity contribution < 1.29 is 0 Å². The summed E-state index contributed by atoms with van der Waals surface area (Å²) >= 11 is 0. The van der Waals surface area contributed by atoms with Crippen molar-refractivity contribution in [3.63, 3.8) is 0 Å². The zero-order valence-electron chi connectivity index (χ0n) is 107. The Morgan fingerprint density at radius 1 is 0.0667 bits per heavy atom. The van der Waals surface area contributed by atoms with E-state index in [2.05, 4.69) is 526 Å². The van der Waals surface area contributed by atoms with Crippen LogP contribution in [0.5, 0.6) is 0 Å². The van der Waals surface area contributed by atoms with Crippen molar-refractivity contribution in [1.82, 2.24) is 0 Å². The molecule has 0 bridgehead atoms. The van der Waals surface area contributed by atoms with Crippen molar-refractivity contribution >= 4 is 955 Å². The molecule has 0 aromatic heterocycles. The van der Waals surface area contributed by atoms with Crippen LogP contribution in [0.4, 0.5) is 0 Å². The van der Waals surface area contributed by atoms with Gasteiger partial charge < -0.3 is 0 Å². The van der Waals surface area contributed by atoms with Gasteiger partial charge in [-0.2, -0.15) is 0 Å². The molecule has 0 heterocycles. The van der Waals surface area contributed by atoms with Crippen molar-refractivity contribution in [3.8, 4) is 0 Å². The highest BCUT2D eigenvalue weighted by atomic mass is 13.5. The molecule has 0 spiro atoms. The van der Waals surface area contributed by atoms with Gasteiger partial charge in [-0.3, -0.25) is 0 Å². The van der Waals surface area contributed by atoms with Gasteiger partial charge in [0.1, 0.15) is 0 Å². The van der Waals surface area contributed by atoms with E-state index in [4.69, 9.17) is 0 Å². The van der Waals surface area contributed by atoms with Gasteiger partial charge in [0.05, 0.1) is 526 Å². The lowest BCUT2D eigenvalue weighted by Gasteiger charge is -2.65. The Hall–Kier alpha value is 8.77. The topological polar surface area (TPSA) is 0 Å². The summed E-state index contributed by atoms with van der Waals surface area (Å²) in [6.07, 6.45) is 29.0. The number of hydrogen-bond acceptors (Lipinski definition) is 0. The van der Waals surface area contributed by atoms with Crippen molar-refractivity contribution in [2.75, 3.05) is 0 Å². The SMILES string of the molecule is BBB(B)B(B(B)B)B(B(B(B(B)B)B(B)B)B(B(B)B)B(B)B)B(B(B(B(B)B)B(B)B)B(B(B)B)B(B)B)B(B(B(B(B(B)B)B(B)B)B(B(B)B)B(B)B)B(B(B(B)B)B(B)B)B(B(B)B)B(B)B)B(B(B(B(B(B)B)B(B)B)B(B(B)B)B(B)B)B(B(B(B)B)B(B)B)B(B(B)B)B(B)B)B(B(B(B(B)B)B(B)B)B(B(B)B)B(B)B)B(B(B(B)B)B(B)B)B(B(B)B)B(B)B. The number of rotatable bonds is 66. The minimum atomic E-state index is 0.271. The molecule has 0 radical (unpaired) electrons. The summed E-state index contributed by atoms with van der Waals surface area (Å²) < 4.78 is 0. The van der Waals surface area contributed by atoms with Gasteiger partial charge in [-0.25, -0.2) is 0 Å². The Morgan fingerprint density at radius 2 is 0.111 bits per heavy atom. The van der Waals surface area contributed by atoms with E-state index in [1.54, 1.807) is 0 Å². The van der Waals surface area contributed by atoms with Gasteiger partial charge in [0.2, 0.25) is 0 Å². The predicted molar refractivity (Wildman–Crippen MR) is 968 cm³/mol. The Kier molecular flexibility index (Phi) is 70.8. The van der Waals surface area contributed by atoms with Crippen LogP contribution in [0.25, 0.3) is 0 Å². The second kappa shape index (κ2) is 66.5. The minimum absolute atomic E-state index is 0.271. The molecule has 0 aliphatic carbocycles. The van der Waals surface area contributed by atoms with E-state index in [1.807, 2.05) is 0 Å². The Morgan fingerprint density at radius 3 is 0.156 bits per heavy atom. The normalized spacial score (nSPS) is 9.87. The van der Waals surface area contributed by atoms with E-state index in [0.29, 0.717) is 409 Å². The number of hydrogen-bond donors (Lipinski definition) is 0. The summed E-state index contributed by atoms with van der Waals surface area (Å²) in [4.78, 5) is 0. The summed E-state index contributed by atoms with van der Waals surface area (Å²) in [5.41, 5.74) is 0. The Labute approximate surface area is 944 Å². The molecule has 0 atom stereocenters. The monoisotopic (exact) mass is 1620 g/mol. The predicted octanol–water partition coefficient (Wildman–Crippen LogP) is -88.1. The van der Waals surface area contributed by atoms with E-state index in [0.717, 1.165) is 0 Å². The maximum atomic E-state index is 2.96. The molecule has 0 aliphatic rings. The molecule has 542 valence electrons. The van der Waals surface area contributed by atoms with Gasteiger partial charge >= 0.3 is 0 Å². The maximum Gasteiger partial charge on any atom is 0.0594 e. The molecular weight excluding hydrogens is 1460 g/mol. The molecule has 135 heavy (non-hydrogen) atoms. The molecule has 0 aliphatic heterocycles. The largest absolute Gasteiger partial charge is 0.0594 e. The van der Waals surface area contributed by atoms with Crippen LogP contribution in [0.1, 0.15) is 0 Å². The van der Waals surface area contributed by atoms with E-state index in [-0.39, 0.29) is 12.8 Å². The average molecular weight is 1600 g/mol. The van der Waals surface area contributed by atoms with E-state index < -0.39 is 0 Å². The van der Waals surface area contributed by atoms with Crippen LogP contribution >= 0.6 is 0 Å². The summed E-state index contributed by atoms with van der Waals surface area (Å²) in [5, 5.41) is 0. The van der Waals surface area contributed by atoms with Crippen molar-refractivity contribution in [1.29, 1.82) is 0 Å². The van der Waals surface area contributed by atoms with Gasteiger partial charge in [0.25, 0.3) is 0 Å². The molecule has 0 nitrogen and oxygen atoms in total. The Bertz CT molecular complexity index is 2330. The Balaban J connectivity index is 17.9. The zero-order chi connectivity index (χ0) is 107. The lowest BCUT2D eigenvalue weighted by molar-refractivity contribution is 3.10. The highest BCUT2D eigenvalue weighted by Gasteiger charge is 2.73. The highest BCUT2D eigenvalue weighted by molar-refractivity contribution is 8.48. The average Bonchev–Trinajstić information content (AvgIpc) is 0.696. The molecule has 0 amide bonds. The van der Waals surface area contributed by atoms with Gasteiger partial charge in [-0.05, 0) is 0 Å². The fraction of sp³-hybridized carbons (Fsp3) is 0. The summed E-state index contributed by atoms with van der Waals surface area (Å²) in [7, 11) is 196. The van der Waals surface area contributed by atoms with Crippen LogP contribution in [0.3, 0.4) is 0 Å². The van der Waals surface area contributed by atoms with Crippen LogP contribution in [0.2, 0.25) is 0 Å². The fourth-order valence-electron chi connectivity index (χ4n) is 39.8. The van der Waals surface area contributed by atoms with Crippen molar-refractivity contribution in [2.45, 2.75) is 0 Å². The van der Waals surface area contributed by atoms with E-state index in [1.165, 1.54) is 7.06 Å². The molecule has 0 rings (SSSR count). The molecular formula is H137B135. The quantitative estimate of drug-likeness (QED) is 0.0533. The smallest absolute Gasteiger partial charge is 0.0000000966 e. The third-order valence-electron chi connectivity index (χ3n) is 40.5. The molecule has 0 N–H and O–H groups in total. The van der Waals surface area contributed by atoms with Crippen LogP contribution in [-0.2, 0) is 0 Å². The fourth-order valence-corrected chi connectivity index (χ4v) is 39.8. The third-order valence-corrected chi connectivity index (χ3v) is 40.5. The van der Waals surface area contributed by atoms with Crippen LogP contribution < -0.4 is 0 Å². The second-order valence-corrected chi connectivity index (χ2v) is 60.9. The first-order valence-corrected chi connectivity index (χ1v) is 61.5. The van der Waals surface area contributed by atoms with Gasteiger partial charge in [0, 0.05) is 428 Å². The van der Waals surface area contributed by atoms with E-state index in [9.17, 15) is 0 Å². The first kappa shape index (κ1) is 144. The van der Waals surface area contributed by atoms with Gasteiger partial charge in [0.15, 0.2) is 0 Å². The summed E-state index contributed by atoms with van der Waals surface area (Å²) in [5.74, 6) is 0. The molecule has 0 fully saturated rings.